The zero-order chi connectivity index (χ0) is 11.9. The van der Waals surface area contributed by atoms with Crippen LogP contribution in [0.2, 0.25) is 0 Å². The molecule has 0 aromatic heterocycles. The molecule has 1 fully saturated rings. The maximum atomic E-state index is 9.51. The minimum atomic E-state index is -0.176. The van der Waals surface area contributed by atoms with Crippen molar-refractivity contribution >= 4 is 17.3 Å². The minimum Gasteiger partial charge on any atom is -0.197 e. The molecule has 2 bridgehead atoms. The van der Waals surface area contributed by atoms with Crippen molar-refractivity contribution in [1.82, 2.24) is 0 Å². The van der Waals surface area contributed by atoms with Gasteiger partial charge in [0.2, 0.25) is 0 Å². The van der Waals surface area contributed by atoms with Gasteiger partial charge in [0.25, 0.3) is 0 Å². The number of thioether (sulfide) groups is 1. The fraction of sp³-hybridized carbons (Fsp3) is 0.400. The van der Waals surface area contributed by atoms with Crippen molar-refractivity contribution in [2.24, 2.45) is 11.8 Å². The van der Waals surface area contributed by atoms with Gasteiger partial charge in [0.1, 0.15) is 4.75 Å². The van der Waals surface area contributed by atoms with Gasteiger partial charge in [0, 0.05) is 5.92 Å². The van der Waals surface area contributed by atoms with Gasteiger partial charge >= 0.3 is 0 Å². The lowest BCUT2D eigenvalue weighted by Gasteiger charge is -2.30. The normalized spacial score (nSPS) is 34.5. The van der Waals surface area contributed by atoms with Gasteiger partial charge in [-0.1, -0.05) is 36.4 Å². The van der Waals surface area contributed by atoms with Gasteiger partial charge in [-0.25, -0.2) is 0 Å². The average Bonchev–Trinajstić information content (AvgIpc) is 2.97. The van der Waals surface area contributed by atoms with Crippen LogP contribution in [0.3, 0.4) is 0 Å². The van der Waals surface area contributed by atoms with E-state index in [2.05, 4.69) is 42.7 Å². The molecular formula is C15H15NS. The molecule has 1 saturated carbocycles. The first kappa shape index (κ1) is 10.9. The van der Waals surface area contributed by atoms with Crippen LogP contribution in [0, 0.1) is 23.2 Å². The van der Waals surface area contributed by atoms with E-state index in [4.69, 9.17) is 0 Å². The van der Waals surface area contributed by atoms with Gasteiger partial charge in [-0.15, -0.1) is 11.8 Å². The standard InChI is InChI=1S/C15H15NS/c1-17-15(10-16)9-11-7-13(14(15)8-11)12-5-3-2-4-6-12/h2-7,11,14H,8-9H2,1H3/t11-,14-,15+/m1/s1. The van der Waals surface area contributed by atoms with Crippen LogP contribution in [0.1, 0.15) is 18.4 Å². The number of benzene rings is 1. The van der Waals surface area contributed by atoms with Crippen molar-refractivity contribution in [3.8, 4) is 6.07 Å². The Morgan fingerprint density at radius 2 is 2.12 bits per heavy atom. The number of nitriles is 1. The van der Waals surface area contributed by atoms with E-state index in [1.807, 2.05) is 6.07 Å². The molecule has 0 N–H and O–H groups in total. The fourth-order valence-electron chi connectivity index (χ4n) is 3.31. The van der Waals surface area contributed by atoms with Crippen LogP contribution in [0.4, 0.5) is 0 Å². The fourth-order valence-corrected chi connectivity index (χ4v) is 4.29. The summed E-state index contributed by atoms with van der Waals surface area (Å²) in [5.74, 6) is 1.04. The molecule has 86 valence electrons. The number of hydrogen-bond acceptors (Lipinski definition) is 2. The summed E-state index contributed by atoms with van der Waals surface area (Å²) in [4.78, 5) is 0. The molecule has 2 heteroatoms. The second-order valence-corrected chi connectivity index (χ2v) is 6.08. The quantitative estimate of drug-likeness (QED) is 0.787. The van der Waals surface area contributed by atoms with Crippen LogP contribution < -0.4 is 0 Å². The van der Waals surface area contributed by atoms with Crippen LogP contribution in [0.25, 0.3) is 5.57 Å². The third-order valence-electron chi connectivity index (χ3n) is 4.12. The lowest BCUT2D eigenvalue weighted by Crippen LogP contribution is -2.29. The van der Waals surface area contributed by atoms with Gasteiger partial charge in [0.05, 0.1) is 6.07 Å². The smallest absolute Gasteiger partial charge is 0.109 e. The van der Waals surface area contributed by atoms with Gasteiger partial charge in [-0.3, -0.25) is 0 Å². The van der Waals surface area contributed by atoms with Crippen molar-refractivity contribution in [2.75, 3.05) is 6.26 Å². The summed E-state index contributed by atoms with van der Waals surface area (Å²) in [5.41, 5.74) is 2.70. The first-order valence-corrected chi connectivity index (χ1v) is 7.25. The Morgan fingerprint density at radius 3 is 2.71 bits per heavy atom. The zero-order valence-corrected chi connectivity index (χ0v) is 10.7. The predicted molar refractivity (Wildman–Crippen MR) is 72.5 cm³/mol. The van der Waals surface area contributed by atoms with Crippen molar-refractivity contribution in [2.45, 2.75) is 17.6 Å². The molecule has 0 amide bonds. The highest BCUT2D eigenvalue weighted by Gasteiger charge is 2.52. The summed E-state index contributed by atoms with van der Waals surface area (Å²) in [5, 5.41) is 9.51. The number of fused-ring (bicyclic) bond motifs is 2. The minimum absolute atomic E-state index is 0.176. The summed E-state index contributed by atoms with van der Waals surface area (Å²) in [7, 11) is 0. The third-order valence-corrected chi connectivity index (χ3v) is 5.39. The van der Waals surface area contributed by atoms with Crippen LogP contribution in [-0.4, -0.2) is 11.0 Å². The van der Waals surface area contributed by atoms with Gasteiger partial charge < -0.3 is 0 Å². The molecule has 2 aliphatic carbocycles. The highest BCUT2D eigenvalue weighted by atomic mass is 32.2. The summed E-state index contributed by atoms with van der Waals surface area (Å²) < 4.78 is -0.176. The second-order valence-electron chi connectivity index (χ2n) is 4.95. The van der Waals surface area contributed by atoms with E-state index >= 15 is 0 Å². The summed E-state index contributed by atoms with van der Waals surface area (Å²) >= 11 is 1.74. The van der Waals surface area contributed by atoms with E-state index in [0.717, 1.165) is 6.42 Å². The van der Waals surface area contributed by atoms with E-state index in [0.29, 0.717) is 11.8 Å². The topological polar surface area (TPSA) is 23.8 Å². The Labute approximate surface area is 107 Å². The SMILES string of the molecule is CS[C@]1(C#N)C[C@@H]2C=C(c3ccccc3)[C@H]1C2. The molecular weight excluding hydrogens is 226 g/mol. The zero-order valence-electron chi connectivity index (χ0n) is 9.89. The molecule has 0 spiro atoms. The van der Waals surface area contributed by atoms with E-state index in [1.165, 1.54) is 17.6 Å². The largest absolute Gasteiger partial charge is 0.197 e. The van der Waals surface area contributed by atoms with Crippen LogP contribution in [0.15, 0.2) is 36.4 Å². The van der Waals surface area contributed by atoms with E-state index in [9.17, 15) is 5.26 Å². The highest BCUT2D eigenvalue weighted by Crippen LogP contribution is 2.58. The lowest BCUT2D eigenvalue weighted by atomic mass is 9.84. The number of rotatable bonds is 2. The van der Waals surface area contributed by atoms with Crippen LogP contribution in [0.5, 0.6) is 0 Å². The summed E-state index contributed by atoms with van der Waals surface area (Å²) in [6.45, 7) is 0. The van der Waals surface area contributed by atoms with Crippen molar-refractivity contribution in [1.29, 1.82) is 5.26 Å². The van der Waals surface area contributed by atoms with E-state index < -0.39 is 0 Å². The van der Waals surface area contributed by atoms with E-state index in [-0.39, 0.29) is 4.75 Å². The third kappa shape index (κ3) is 1.53. The van der Waals surface area contributed by atoms with Gasteiger partial charge in [0.15, 0.2) is 0 Å². The maximum Gasteiger partial charge on any atom is 0.109 e. The van der Waals surface area contributed by atoms with Crippen LogP contribution in [-0.2, 0) is 0 Å². The van der Waals surface area contributed by atoms with Crippen molar-refractivity contribution < 1.29 is 0 Å². The Bertz CT molecular complexity index is 499. The molecule has 17 heavy (non-hydrogen) atoms. The molecule has 2 aliphatic rings. The molecule has 1 aromatic carbocycles. The Balaban J connectivity index is 2.01. The number of nitrogens with zero attached hydrogens (tertiary/aromatic N) is 1. The highest BCUT2D eigenvalue weighted by molar-refractivity contribution is 8.00. The number of hydrogen-bond donors (Lipinski definition) is 0. The predicted octanol–water partition coefficient (Wildman–Crippen LogP) is 3.74. The molecule has 1 aromatic rings. The second kappa shape index (κ2) is 3.92. The molecule has 0 heterocycles. The van der Waals surface area contributed by atoms with E-state index in [1.54, 1.807) is 11.8 Å². The molecule has 0 unspecified atom stereocenters. The molecule has 0 saturated heterocycles. The van der Waals surface area contributed by atoms with Crippen molar-refractivity contribution in [3.05, 3.63) is 42.0 Å². The Morgan fingerprint density at radius 1 is 1.35 bits per heavy atom. The average molecular weight is 241 g/mol. The molecule has 3 atom stereocenters. The molecule has 1 nitrogen and oxygen atoms in total. The van der Waals surface area contributed by atoms with Gasteiger partial charge in [-0.2, -0.15) is 5.26 Å². The first-order chi connectivity index (χ1) is 8.29. The molecule has 0 radical (unpaired) electrons. The number of allylic oxidation sites excluding steroid dienone is 2. The summed E-state index contributed by atoms with van der Waals surface area (Å²) in [6.07, 6.45) is 6.67. The molecule has 0 aliphatic heterocycles. The maximum absolute atomic E-state index is 9.51. The Kier molecular flexibility index (Phi) is 2.52. The Hall–Kier alpha value is -1.20. The van der Waals surface area contributed by atoms with Crippen molar-refractivity contribution in [3.63, 3.8) is 0 Å². The van der Waals surface area contributed by atoms with Gasteiger partial charge in [-0.05, 0) is 36.2 Å². The first-order valence-electron chi connectivity index (χ1n) is 6.02. The summed E-state index contributed by atoms with van der Waals surface area (Å²) in [6, 6.07) is 13.1. The monoisotopic (exact) mass is 241 g/mol. The van der Waals surface area contributed by atoms with Crippen LogP contribution >= 0.6 is 11.8 Å². The molecule has 3 rings (SSSR count). The lowest BCUT2D eigenvalue weighted by molar-refractivity contribution is 0.630.